The van der Waals surface area contributed by atoms with Gasteiger partial charge in [-0.3, -0.25) is 0 Å². The number of unbranched alkanes of at least 4 members (excludes halogenated alkanes) is 4. The number of rotatable bonds is 9. The van der Waals surface area contributed by atoms with Crippen LogP contribution in [0.15, 0.2) is 39.3 Å². The summed E-state index contributed by atoms with van der Waals surface area (Å²) in [5.41, 5.74) is 0.890. The lowest BCUT2D eigenvalue weighted by Gasteiger charge is -1.97. The van der Waals surface area contributed by atoms with Crippen LogP contribution in [-0.2, 0) is 12.8 Å². The number of hydrogen-bond acceptors (Lipinski definition) is 4. The molecule has 0 unspecified atom stereocenters. The van der Waals surface area contributed by atoms with Crippen LogP contribution >= 0.6 is 11.3 Å². The number of hydrogen-bond donors (Lipinski definition) is 0. The van der Waals surface area contributed by atoms with Gasteiger partial charge in [-0.05, 0) is 37.1 Å². The number of nitrogens with zero attached hydrogens (tertiary/aromatic N) is 1. The van der Waals surface area contributed by atoms with Gasteiger partial charge in [0.05, 0.1) is 4.88 Å². The summed E-state index contributed by atoms with van der Waals surface area (Å²) in [4.78, 5) is 2.59. The van der Waals surface area contributed by atoms with Crippen molar-refractivity contribution in [3.63, 3.8) is 0 Å². The molecule has 128 valence electrons. The van der Waals surface area contributed by atoms with Gasteiger partial charge in [0.25, 0.3) is 0 Å². The summed E-state index contributed by atoms with van der Waals surface area (Å²) in [5.74, 6) is 2.40. The first kappa shape index (κ1) is 17.0. The highest BCUT2D eigenvalue weighted by Crippen LogP contribution is 2.32. The Morgan fingerprint density at radius 1 is 0.958 bits per heavy atom. The number of aryl methyl sites for hydroxylation is 2. The molecule has 0 amide bonds. The van der Waals surface area contributed by atoms with Crippen LogP contribution in [0.3, 0.4) is 0 Å². The van der Waals surface area contributed by atoms with Crippen molar-refractivity contribution in [2.75, 3.05) is 0 Å². The van der Waals surface area contributed by atoms with Crippen LogP contribution in [0.2, 0.25) is 0 Å². The monoisotopic (exact) mass is 343 g/mol. The van der Waals surface area contributed by atoms with Gasteiger partial charge in [-0.25, -0.2) is 0 Å². The summed E-state index contributed by atoms with van der Waals surface area (Å²) in [6, 6.07) is 10.3. The summed E-state index contributed by atoms with van der Waals surface area (Å²) >= 11 is 1.81. The molecule has 0 N–H and O–H groups in total. The summed E-state index contributed by atoms with van der Waals surface area (Å²) in [7, 11) is 0. The van der Waals surface area contributed by atoms with E-state index in [-0.39, 0.29) is 0 Å². The zero-order valence-electron chi connectivity index (χ0n) is 14.5. The zero-order valence-corrected chi connectivity index (χ0v) is 15.3. The van der Waals surface area contributed by atoms with Gasteiger partial charge < -0.3 is 8.94 Å². The van der Waals surface area contributed by atoms with Crippen molar-refractivity contribution >= 4 is 11.3 Å². The first-order valence-corrected chi connectivity index (χ1v) is 9.76. The molecular weight excluding hydrogens is 318 g/mol. The van der Waals surface area contributed by atoms with E-state index in [0.29, 0.717) is 5.76 Å². The van der Waals surface area contributed by atoms with Gasteiger partial charge in [-0.15, -0.1) is 11.3 Å². The van der Waals surface area contributed by atoms with E-state index >= 15 is 0 Å². The number of aromatic nitrogens is 1. The van der Waals surface area contributed by atoms with Crippen molar-refractivity contribution in [2.24, 2.45) is 0 Å². The smallest absolute Gasteiger partial charge is 0.202 e. The Morgan fingerprint density at radius 2 is 1.83 bits per heavy atom. The van der Waals surface area contributed by atoms with Crippen LogP contribution < -0.4 is 0 Å². The molecule has 0 fully saturated rings. The minimum Gasteiger partial charge on any atom is -0.458 e. The maximum absolute atomic E-state index is 5.73. The molecule has 0 saturated carbocycles. The highest BCUT2D eigenvalue weighted by Gasteiger charge is 2.13. The topological polar surface area (TPSA) is 39.2 Å². The second-order valence-corrected chi connectivity index (χ2v) is 7.29. The van der Waals surface area contributed by atoms with Crippen molar-refractivity contribution in [3.05, 3.63) is 41.0 Å². The van der Waals surface area contributed by atoms with Gasteiger partial charge >= 0.3 is 0 Å². The lowest BCUT2D eigenvalue weighted by Crippen LogP contribution is -1.81. The Labute approximate surface area is 147 Å². The highest BCUT2D eigenvalue weighted by molar-refractivity contribution is 7.15. The van der Waals surface area contributed by atoms with Gasteiger partial charge in [0.2, 0.25) is 5.76 Å². The summed E-state index contributed by atoms with van der Waals surface area (Å²) in [6.07, 6.45) is 8.65. The predicted octanol–water partition coefficient (Wildman–Crippen LogP) is 6.74. The van der Waals surface area contributed by atoms with E-state index in [1.54, 1.807) is 0 Å². The van der Waals surface area contributed by atoms with Gasteiger partial charge in [0.15, 0.2) is 5.76 Å². The summed E-state index contributed by atoms with van der Waals surface area (Å²) < 4.78 is 11.2. The molecule has 3 aromatic rings. The fraction of sp³-hybridized carbons (Fsp3) is 0.450. The Hall–Kier alpha value is -1.81. The minimum atomic E-state index is 0.694. The Balaban J connectivity index is 1.61. The van der Waals surface area contributed by atoms with Crippen LogP contribution in [0, 0.1) is 0 Å². The second kappa shape index (κ2) is 8.34. The Kier molecular flexibility index (Phi) is 5.91. The Bertz CT molecular complexity index is 753. The van der Waals surface area contributed by atoms with Crippen molar-refractivity contribution in [1.29, 1.82) is 0 Å². The lowest BCUT2D eigenvalue weighted by atomic mass is 10.1. The average Bonchev–Trinajstić information content (AvgIpc) is 3.33. The van der Waals surface area contributed by atoms with E-state index in [4.69, 9.17) is 8.94 Å². The molecular formula is C20H25NO2S. The third kappa shape index (κ3) is 4.18. The molecule has 0 saturated heterocycles. The largest absolute Gasteiger partial charge is 0.458 e. The van der Waals surface area contributed by atoms with Crippen LogP contribution in [0.1, 0.15) is 56.6 Å². The molecule has 0 aliphatic rings. The molecule has 24 heavy (non-hydrogen) atoms. The van der Waals surface area contributed by atoms with Gasteiger partial charge in [0, 0.05) is 17.4 Å². The third-order valence-corrected chi connectivity index (χ3v) is 5.37. The maximum atomic E-state index is 5.73. The second-order valence-electron chi connectivity index (χ2n) is 6.13. The van der Waals surface area contributed by atoms with Crippen LogP contribution in [-0.4, -0.2) is 5.16 Å². The van der Waals surface area contributed by atoms with Gasteiger partial charge in [-0.1, -0.05) is 44.7 Å². The van der Waals surface area contributed by atoms with Gasteiger partial charge in [-0.2, -0.15) is 0 Å². The maximum Gasteiger partial charge on any atom is 0.202 e. The van der Waals surface area contributed by atoms with Crippen molar-refractivity contribution in [3.8, 4) is 22.1 Å². The van der Waals surface area contributed by atoms with Crippen molar-refractivity contribution in [2.45, 2.75) is 58.8 Å². The fourth-order valence-electron chi connectivity index (χ4n) is 2.76. The van der Waals surface area contributed by atoms with Gasteiger partial charge in [0.1, 0.15) is 11.5 Å². The molecule has 3 aromatic heterocycles. The number of furan rings is 1. The Morgan fingerprint density at radius 3 is 2.62 bits per heavy atom. The molecule has 3 rings (SSSR count). The molecule has 0 bridgehead atoms. The molecule has 0 radical (unpaired) electrons. The molecule has 0 aliphatic heterocycles. The first-order valence-electron chi connectivity index (χ1n) is 8.95. The van der Waals surface area contributed by atoms with E-state index < -0.39 is 0 Å². The minimum absolute atomic E-state index is 0.694. The molecule has 3 nitrogen and oxygen atoms in total. The summed E-state index contributed by atoms with van der Waals surface area (Å²) in [6.45, 7) is 4.33. The average molecular weight is 343 g/mol. The van der Waals surface area contributed by atoms with Crippen LogP contribution in [0.5, 0.6) is 0 Å². The predicted molar refractivity (Wildman–Crippen MR) is 99.4 cm³/mol. The molecule has 0 spiro atoms. The zero-order chi connectivity index (χ0) is 16.8. The van der Waals surface area contributed by atoms with Crippen LogP contribution in [0.25, 0.3) is 22.1 Å². The van der Waals surface area contributed by atoms with Crippen LogP contribution in [0.4, 0.5) is 0 Å². The first-order chi connectivity index (χ1) is 11.8. The van der Waals surface area contributed by atoms with E-state index in [0.717, 1.165) is 34.9 Å². The summed E-state index contributed by atoms with van der Waals surface area (Å²) in [5, 5.41) is 4.21. The normalized spacial score (nSPS) is 11.2. The van der Waals surface area contributed by atoms with E-state index in [1.807, 2.05) is 29.5 Å². The van der Waals surface area contributed by atoms with E-state index in [1.165, 1.54) is 37.0 Å². The molecule has 3 heterocycles. The lowest BCUT2D eigenvalue weighted by molar-refractivity contribution is 0.416. The fourth-order valence-corrected chi connectivity index (χ4v) is 3.76. The quantitative estimate of drug-likeness (QED) is 0.404. The third-order valence-electron chi connectivity index (χ3n) is 4.20. The van der Waals surface area contributed by atoms with E-state index in [2.05, 4.69) is 31.1 Å². The van der Waals surface area contributed by atoms with E-state index in [9.17, 15) is 0 Å². The molecule has 0 aliphatic carbocycles. The SMILES string of the molecule is CCCCCCCc1ccc(-c2cc(-c3ccc(CC)o3)on2)s1. The molecule has 4 heteroatoms. The molecule has 0 aromatic carbocycles. The highest BCUT2D eigenvalue weighted by atomic mass is 32.1. The van der Waals surface area contributed by atoms with Crippen molar-refractivity contribution < 1.29 is 8.94 Å². The van der Waals surface area contributed by atoms with Crippen molar-refractivity contribution in [1.82, 2.24) is 5.16 Å². The standard InChI is InChI=1S/C20H25NO2S/c1-3-5-6-7-8-9-16-11-13-20(24-16)17-14-19(23-21-17)18-12-10-15(4-2)22-18/h10-14H,3-9H2,1-2H3. The molecule has 0 atom stereocenters. The number of thiophene rings is 1.